The van der Waals surface area contributed by atoms with Crippen LogP contribution in [0.2, 0.25) is 0 Å². The highest BCUT2D eigenvalue weighted by Gasteiger charge is 2.07. The Morgan fingerprint density at radius 2 is 2.09 bits per heavy atom. The first-order chi connectivity index (χ1) is 11.1. The first kappa shape index (κ1) is 17.2. The molecule has 0 atom stereocenters. The van der Waals surface area contributed by atoms with Gasteiger partial charge in [0.25, 0.3) is 0 Å². The predicted molar refractivity (Wildman–Crippen MR) is 88.9 cm³/mol. The Balaban J connectivity index is 1.67. The van der Waals surface area contributed by atoms with Gasteiger partial charge in [-0.05, 0) is 18.1 Å². The predicted octanol–water partition coefficient (Wildman–Crippen LogP) is 3.06. The number of nitrogens with one attached hydrogen (secondary N) is 1. The van der Waals surface area contributed by atoms with E-state index >= 15 is 0 Å². The average Bonchev–Trinajstić information content (AvgIpc) is 3.01. The number of carbonyl (C=O) groups is 1. The summed E-state index contributed by atoms with van der Waals surface area (Å²) in [6, 6.07) is 9.75. The van der Waals surface area contributed by atoms with Crippen LogP contribution in [-0.2, 0) is 16.0 Å². The largest absolute Gasteiger partial charge is 0.444 e. The number of aromatic nitrogens is 1. The third-order valence-corrected chi connectivity index (χ3v) is 3.20. The van der Waals surface area contributed by atoms with Crippen molar-refractivity contribution in [2.45, 2.75) is 26.7 Å². The molecule has 5 nitrogen and oxygen atoms in total. The number of amides is 1. The van der Waals surface area contributed by atoms with Crippen molar-refractivity contribution in [2.75, 3.05) is 19.8 Å². The van der Waals surface area contributed by atoms with E-state index in [0.29, 0.717) is 44.4 Å². The van der Waals surface area contributed by atoms with E-state index in [1.54, 1.807) is 6.26 Å². The van der Waals surface area contributed by atoms with Gasteiger partial charge in [-0.1, -0.05) is 32.0 Å². The van der Waals surface area contributed by atoms with Crippen LogP contribution in [-0.4, -0.2) is 30.6 Å². The molecule has 0 spiro atoms. The highest BCUT2D eigenvalue weighted by Crippen LogP contribution is 2.17. The monoisotopic (exact) mass is 316 g/mol. The van der Waals surface area contributed by atoms with E-state index in [1.807, 2.05) is 30.3 Å². The minimum Gasteiger partial charge on any atom is -0.444 e. The molecule has 1 amide bonds. The van der Waals surface area contributed by atoms with Gasteiger partial charge in [-0.2, -0.15) is 0 Å². The molecule has 5 heteroatoms. The molecule has 1 aromatic carbocycles. The van der Waals surface area contributed by atoms with Crippen LogP contribution in [0.25, 0.3) is 11.5 Å². The standard InChI is InChI=1S/C18H24N2O3/c1-14(2)12-22-11-9-17(21)19-10-8-16-13-23-18(20-16)15-6-4-3-5-7-15/h3-7,13-14H,8-12H2,1-2H3,(H,19,21). The van der Waals surface area contributed by atoms with E-state index in [1.165, 1.54) is 0 Å². The third-order valence-electron chi connectivity index (χ3n) is 3.20. The molecule has 1 N–H and O–H groups in total. The van der Waals surface area contributed by atoms with Gasteiger partial charge in [0.05, 0.1) is 12.3 Å². The van der Waals surface area contributed by atoms with Crippen LogP contribution in [0.3, 0.4) is 0 Å². The number of hydrogen-bond donors (Lipinski definition) is 1. The Kier molecular flexibility index (Phi) is 6.81. The fraction of sp³-hybridized carbons (Fsp3) is 0.444. The smallest absolute Gasteiger partial charge is 0.226 e. The van der Waals surface area contributed by atoms with Crippen molar-refractivity contribution in [3.8, 4) is 11.5 Å². The zero-order chi connectivity index (χ0) is 16.5. The fourth-order valence-corrected chi connectivity index (χ4v) is 2.04. The molecule has 0 saturated carbocycles. The van der Waals surface area contributed by atoms with Gasteiger partial charge in [-0.15, -0.1) is 0 Å². The molecule has 1 heterocycles. The Labute approximate surface area is 137 Å². The van der Waals surface area contributed by atoms with Crippen molar-refractivity contribution in [1.29, 1.82) is 0 Å². The molecular formula is C18H24N2O3. The van der Waals surface area contributed by atoms with E-state index in [2.05, 4.69) is 24.1 Å². The molecule has 1 aromatic heterocycles. The summed E-state index contributed by atoms with van der Waals surface area (Å²) < 4.78 is 10.9. The zero-order valence-electron chi connectivity index (χ0n) is 13.7. The van der Waals surface area contributed by atoms with E-state index in [9.17, 15) is 4.79 Å². The van der Waals surface area contributed by atoms with Crippen molar-refractivity contribution in [2.24, 2.45) is 5.92 Å². The van der Waals surface area contributed by atoms with Crippen LogP contribution in [0.1, 0.15) is 26.0 Å². The first-order valence-electron chi connectivity index (χ1n) is 7.99. The van der Waals surface area contributed by atoms with Gasteiger partial charge in [0.2, 0.25) is 11.8 Å². The molecule has 23 heavy (non-hydrogen) atoms. The number of nitrogens with zero attached hydrogens (tertiary/aromatic N) is 1. The zero-order valence-corrected chi connectivity index (χ0v) is 13.7. The molecule has 0 aliphatic rings. The van der Waals surface area contributed by atoms with Gasteiger partial charge in [0.15, 0.2) is 0 Å². The number of rotatable bonds is 9. The second-order valence-corrected chi connectivity index (χ2v) is 5.83. The lowest BCUT2D eigenvalue weighted by molar-refractivity contribution is -0.122. The Bertz CT molecular complexity index is 593. The molecule has 0 aliphatic carbocycles. The summed E-state index contributed by atoms with van der Waals surface area (Å²) in [5, 5.41) is 2.87. The first-order valence-corrected chi connectivity index (χ1v) is 7.99. The maximum absolute atomic E-state index is 11.7. The molecular weight excluding hydrogens is 292 g/mol. The molecule has 2 aromatic rings. The summed E-state index contributed by atoms with van der Waals surface area (Å²) in [6.45, 7) is 5.87. The van der Waals surface area contributed by atoms with Crippen LogP contribution in [0.5, 0.6) is 0 Å². The van der Waals surface area contributed by atoms with Gasteiger partial charge in [-0.3, -0.25) is 4.79 Å². The number of oxazole rings is 1. The second-order valence-electron chi connectivity index (χ2n) is 5.83. The minimum absolute atomic E-state index is 0.000494. The van der Waals surface area contributed by atoms with Crippen molar-refractivity contribution >= 4 is 5.91 Å². The summed E-state index contributed by atoms with van der Waals surface area (Å²) in [5.74, 6) is 1.10. The molecule has 0 bridgehead atoms. The summed E-state index contributed by atoms with van der Waals surface area (Å²) in [4.78, 5) is 16.1. The molecule has 0 aliphatic heterocycles. The second kappa shape index (κ2) is 9.10. The number of ether oxygens (including phenoxy) is 1. The number of benzene rings is 1. The highest BCUT2D eigenvalue weighted by molar-refractivity contribution is 5.75. The lowest BCUT2D eigenvalue weighted by Gasteiger charge is -2.07. The average molecular weight is 316 g/mol. The maximum atomic E-state index is 11.7. The number of hydrogen-bond acceptors (Lipinski definition) is 4. The molecule has 0 fully saturated rings. The van der Waals surface area contributed by atoms with E-state index < -0.39 is 0 Å². The summed E-state index contributed by atoms with van der Waals surface area (Å²) in [6.07, 6.45) is 2.68. The van der Waals surface area contributed by atoms with Gasteiger partial charge >= 0.3 is 0 Å². The van der Waals surface area contributed by atoms with Gasteiger partial charge in [0, 0.05) is 31.6 Å². The topological polar surface area (TPSA) is 64.4 Å². The van der Waals surface area contributed by atoms with E-state index in [-0.39, 0.29) is 5.91 Å². The van der Waals surface area contributed by atoms with Crippen LogP contribution >= 0.6 is 0 Å². The van der Waals surface area contributed by atoms with Crippen molar-refractivity contribution in [3.05, 3.63) is 42.3 Å². The SMILES string of the molecule is CC(C)COCCC(=O)NCCc1coc(-c2ccccc2)n1. The van der Waals surface area contributed by atoms with Gasteiger partial charge in [0.1, 0.15) is 6.26 Å². The van der Waals surface area contributed by atoms with Crippen LogP contribution < -0.4 is 5.32 Å². The maximum Gasteiger partial charge on any atom is 0.226 e. The molecule has 2 rings (SSSR count). The molecule has 124 valence electrons. The molecule has 0 saturated heterocycles. The van der Waals surface area contributed by atoms with Crippen molar-refractivity contribution in [1.82, 2.24) is 10.3 Å². The molecule has 0 radical (unpaired) electrons. The van der Waals surface area contributed by atoms with Gasteiger partial charge in [-0.25, -0.2) is 4.98 Å². The van der Waals surface area contributed by atoms with Crippen LogP contribution in [0.15, 0.2) is 41.0 Å². The fourth-order valence-electron chi connectivity index (χ4n) is 2.04. The lowest BCUT2D eigenvalue weighted by atomic mass is 10.2. The normalized spacial score (nSPS) is 10.9. The van der Waals surface area contributed by atoms with E-state index in [0.717, 1.165) is 11.3 Å². The van der Waals surface area contributed by atoms with Crippen molar-refractivity contribution < 1.29 is 13.9 Å². The van der Waals surface area contributed by atoms with Crippen LogP contribution in [0.4, 0.5) is 0 Å². The molecule has 0 unspecified atom stereocenters. The summed E-state index contributed by atoms with van der Waals surface area (Å²) in [7, 11) is 0. The minimum atomic E-state index is 0.000494. The Morgan fingerprint density at radius 3 is 2.83 bits per heavy atom. The lowest BCUT2D eigenvalue weighted by Crippen LogP contribution is -2.26. The Morgan fingerprint density at radius 1 is 1.30 bits per heavy atom. The van der Waals surface area contributed by atoms with Crippen molar-refractivity contribution in [3.63, 3.8) is 0 Å². The highest BCUT2D eigenvalue weighted by atomic mass is 16.5. The van der Waals surface area contributed by atoms with Crippen LogP contribution in [0, 0.1) is 5.92 Å². The summed E-state index contributed by atoms with van der Waals surface area (Å²) in [5.41, 5.74) is 1.78. The Hall–Kier alpha value is -2.14. The third kappa shape index (κ3) is 6.24. The summed E-state index contributed by atoms with van der Waals surface area (Å²) >= 11 is 0. The quantitative estimate of drug-likeness (QED) is 0.722. The van der Waals surface area contributed by atoms with Gasteiger partial charge < -0.3 is 14.5 Å². The van der Waals surface area contributed by atoms with E-state index in [4.69, 9.17) is 9.15 Å². The number of carbonyl (C=O) groups excluding carboxylic acids is 1.